The molecule has 9 rings (SSSR count). The molecular formula is C50H41F2N7O5S5. The number of rotatable bonds is 19. The third-order valence-corrected chi connectivity index (χ3v) is 15.8. The summed E-state index contributed by atoms with van der Waals surface area (Å²) < 4.78 is 38.8. The van der Waals surface area contributed by atoms with Gasteiger partial charge in [-0.15, -0.1) is 23.1 Å². The number of fused-ring (bicyclic) bond motifs is 1. The lowest BCUT2D eigenvalue weighted by Gasteiger charge is -2.49. The van der Waals surface area contributed by atoms with Crippen LogP contribution < -0.4 is 10.6 Å². The summed E-state index contributed by atoms with van der Waals surface area (Å²) in [7, 11) is 0. The van der Waals surface area contributed by atoms with Crippen LogP contribution >= 0.6 is 58.2 Å². The van der Waals surface area contributed by atoms with Crippen molar-refractivity contribution in [1.29, 1.82) is 0 Å². The van der Waals surface area contributed by atoms with Crippen molar-refractivity contribution >= 4 is 86.8 Å². The number of esters is 1. The Balaban J connectivity index is 0.999. The number of amides is 2. The van der Waals surface area contributed by atoms with Gasteiger partial charge in [-0.3, -0.25) is 14.5 Å². The molecule has 0 saturated carbocycles. The molecule has 0 bridgehead atoms. The predicted octanol–water partition coefficient (Wildman–Crippen LogP) is 9.98. The van der Waals surface area contributed by atoms with Gasteiger partial charge in [-0.25, -0.2) is 14.8 Å². The highest BCUT2D eigenvalue weighted by atomic mass is 32.2. The van der Waals surface area contributed by atoms with Gasteiger partial charge >= 0.3 is 12.6 Å². The molecule has 7 aromatic rings. The molecule has 5 aromatic carbocycles. The Kier molecular flexibility index (Phi) is 15.2. The minimum atomic E-state index is -3.36. The Morgan fingerprint density at radius 2 is 1.39 bits per heavy atom. The van der Waals surface area contributed by atoms with Gasteiger partial charge in [0.25, 0.3) is 11.8 Å². The van der Waals surface area contributed by atoms with Gasteiger partial charge in [-0.2, -0.15) is 24.9 Å². The fourth-order valence-electron chi connectivity index (χ4n) is 8.05. The number of halogens is 2. The van der Waals surface area contributed by atoms with Crippen molar-refractivity contribution in [2.75, 3.05) is 23.1 Å². The first-order chi connectivity index (χ1) is 33.7. The number of hydrogen-bond acceptors (Lipinski definition) is 15. The van der Waals surface area contributed by atoms with E-state index < -0.39 is 53.2 Å². The van der Waals surface area contributed by atoms with Gasteiger partial charge < -0.3 is 20.2 Å². The lowest BCUT2D eigenvalue weighted by molar-refractivity contribution is -0.154. The fraction of sp³-hybridized carbons (Fsp3) is 0.180. The van der Waals surface area contributed by atoms with Crippen molar-refractivity contribution in [3.05, 3.63) is 208 Å². The van der Waals surface area contributed by atoms with Crippen molar-refractivity contribution in [3.63, 3.8) is 0 Å². The van der Waals surface area contributed by atoms with E-state index in [1.807, 2.05) is 158 Å². The first kappa shape index (κ1) is 47.7. The van der Waals surface area contributed by atoms with Crippen molar-refractivity contribution in [2.45, 2.75) is 39.8 Å². The number of ether oxygens (including phenoxy) is 1. The number of nitrogens with one attached hydrogen (secondary N) is 2. The molecule has 350 valence electrons. The van der Waals surface area contributed by atoms with Gasteiger partial charge in [0.1, 0.15) is 28.3 Å². The number of benzene rings is 5. The molecule has 12 nitrogen and oxygen atoms in total. The number of aromatic nitrogens is 3. The molecule has 19 heteroatoms. The van der Waals surface area contributed by atoms with Crippen LogP contribution in [-0.2, 0) is 35.2 Å². The maximum absolute atomic E-state index is 14.6. The quantitative estimate of drug-likeness (QED) is 0.0198. The summed E-state index contributed by atoms with van der Waals surface area (Å²) in [4.78, 5) is 58.3. The van der Waals surface area contributed by atoms with E-state index in [1.54, 1.807) is 11.8 Å². The number of thioether (sulfide) groups is 3. The molecule has 1 fully saturated rings. The lowest BCUT2D eigenvalue weighted by Crippen LogP contribution is -2.71. The summed E-state index contributed by atoms with van der Waals surface area (Å²) in [6.07, 6.45) is 1.17. The zero-order valence-electron chi connectivity index (χ0n) is 36.5. The van der Waals surface area contributed by atoms with Crippen molar-refractivity contribution in [3.8, 4) is 0 Å². The molecule has 2 atom stereocenters. The number of thiazole rings is 1. The van der Waals surface area contributed by atoms with Gasteiger partial charge in [0, 0.05) is 16.9 Å². The maximum atomic E-state index is 14.6. The summed E-state index contributed by atoms with van der Waals surface area (Å²) in [5.41, 5.74) is 3.20. The van der Waals surface area contributed by atoms with E-state index in [1.165, 1.54) is 45.3 Å². The molecule has 69 heavy (non-hydrogen) atoms. The summed E-state index contributed by atoms with van der Waals surface area (Å²) in [5.74, 6) is -0.327. The number of oxime groups is 1. The van der Waals surface area contributed by atoms with Crippen LogP contribution in [0.5, 0.6) is 0 Å². The lowest BCUT2D eigenvalue weighted by atomic mass is 9.77. The topological polar surface area (TPSA) is 148 Å². The molecule has 2 aliphatic rings. The van der Waals surface area contributed by atoms with E-state index in [2.05, 4.69) is 30.0 Å². The van der Waals surface area contributed by atoms with Gasteiger partial charge in [0.05, 0.1) is 5.75 Å². The standard InChI is InChI=1S/C50H41F2N7O5S5/c1-65-30-38-54-49(69-58-38)68-28-33-27-66-45-40(44(61)59(45)41(33)46(62)63-42(31-17-7-2-8-18-31)32-19-9-3-10-20-32)55-43(60)39(57-64-47(51)52)37-29-67-48(53-37)56-50(34-21-11-4-12-22-34,35-23-13-5-14-24-35)36-25-15-6-16-26-36/h2-26,29,40,42,45,47H,27-28,30H2,1H3,(H,53,56)(H,55,60)/t40?,45-/m1/s1. The smallest absolute Gasteiger partial charge is 0.407 e. The highest BCUT2D eigenvalue weighted by Crippen LogP contribution is 2.44. The Bertz CT molecular complexity index is 2810. The number of alkyl halides is 2. The van der Waals surface area contributed by atoms with Gasteiger partial charge in [0.15, 0.2) is 27.1 Å². The van der Waals surface area contributed by atoms with Crippen LogP contribution in [0.3, 0.4) is 0 Å². The summed E-state index contributed by atoms with van der Waals surface area (Å²) in [5, 5.41) is 11.0. The zero-order valence-corrected chi connectivity index (χ0v) is 40.6. The second-order valence-corrected chi connectivity index (χ2v) is 20.2. The average molecular weight is 1020 g/mol. The largest absolute Gasteiger partial charge is 0.448 e. The number of carbonyl (C=O) groups is 3. The van der Waals surface area contributed by atoms with Crippen LogP contribution in [0.25, 0.3) is 0 Å². The molecule has 2 aromatic heterocycles. The molecule has 0 aliphatic carbocycles. The fourth-order valence-corrected chi connectivity index (χ4v) is 12.4. The second-order valence-electron chi connectivity index (χ2n) is 15.4. The SMILES string of the molecule is CSCc1nsc(SCC2=C(C(=O)OC(c3ccccc3)c3ccccc3)N3C(=O)C(NC(=O)C(=NOC(F)F)c4csc(NC(c5ccccc5)(c5ccccc5)c5ccccc5)n4)[C@H]3SC2)n1. The van der Waals surface area contributed by atoms with Gasteiger partial charge in [-0.05, 0) is 51.2 Å². The summed E-state index contributed by atoms with van der Waals surface area (Å²) in [6, 6.07) is 46.8. The monoisotopic (exact) mass is 1020 g/mol. The minimum Gasteiger partial charge on any atom is -0.448 e. The van der Waals surface area contributed by atoms with Gasteiger partial charge in [0.2, 0.25) is 0 Å². The van der Waals surface area contributed by atoms with E-state index in [4.69, 9.17) is 9.72 Å². The van der Waals surface area contributed by atoms with Crippen molar-refractivity contribution in [1.82, 2.24) is 24.6 Å². The number of β-lactam (4-membered cyclic amide) rings is 1. The van der Waals surface area contributed by atoms with E-state index in [0.29, 0.717) is 38.1 Å². The number of hydrogen-bond donors (Lipinski definition) is 2. The van der Waals surface area contributed by atoms with Gasteiger partial charge in [-0.1, -0.05) is 169 Å². The highest BCUT2D eigenvalue weighted by Gasteiger charge is 2.55. The van der Waals surface area contributed by atoms with Crippen LogP contribution in [0.1, 0.15) is 45.4 Å². The molecule has 1 saturated heterocycles. The average Bonchev–Trinajstić information content (AvgIpc) is 4.06. The first-order valence-corrected chi connectivity index (χ1v) is 26.5. The molecule has 0 radical (unpaired) electrons. The minimum absolute atomic E-state index is 0.0661. The first-order valence-electron chi connectivity index (χ1n) is 21.4. The molecule has 4 heterocycles. The van der Waals surface area contributed by atoms with Crippen molar-refractivity contribution in [2.24, 2.45) is 5.16 Å². The molecule has 2 amide bonds. The Morgan fingerprint density at radius 1 is 0.826 bits per heavy atom. The van der Waals surface area contributed by atoms with Crippen LogP contribution in [0, 0.1) is 0 Å². The third kappa shape index (κ3) is 10.5. The molecule has 2 aliphatic heterocycles. The number of carbonyl (C=O) groups excluding carboxylic acids is 3. The van der Waals surface area contributed by atoms with Crippen LogP contribution in [0.15, 0.2) is 178 Å². The predicted molar refractivity (Wildman–Crippen MR) is 269 cm³/mol. The van der Waals surface area contributed by atoms with E-state index >= 15 is 0 Å². The number of nitrogens with zero attached hydrogens (tertiary/aromatic N) is 5. The van der Waals surface area contributed by atoms with Crippen LogP contribution in [-0.4, -0.2) is 78.5 Å². The molecule has 1 unspecified atom stereocenters. The van der Waals surface area contributed by atoms with Crippen LogP contribution in [0.2, 0.25) is 0 Å². The zero-order chi connectivity index (χ0) is 47.7. The number of anilines is 1. The second kappa shape index (κ2) is 21.9. The normalized spacial score (nSPS) is 16.0. The summed E-state index contributed by atoms with van der Waals surface area (Å²) >= 11 is 6.76. The molecule has 0 spiro atoms. The highest BCUT2D eigenvalue weighted by molar-refractivity contribution is 8.01. The van der Waals surface area contributed by atoms with E-state index in [9.17, 15) is 23.2 Å². The third-order valence-electron chi connectivity index (χ3n) is 11.1. The van der Waals surface area contributed by atoms with Crippen LogP contribution in [0.4, 0.5) is 13.9 Å². The maximum Gasteiger partial charge on any atom is 0.407 e. The van der Waals surface area contributed by atoms with Crippen molar-refractivity contribution < 1.29 is 32.7 Å². The van der Waals surface area contributed by atoms with E-state index in [-0.39, 0.29) is 11.4 Å². The Morgan fingerprint density at radius 3 is 1.94 bits per heavy atom. The molecular weight excluding hydrogens is 977 g/mol. The Hall–Kier alpha value is -6.38. The molecule has 2 N–H and O–H groups in total. The summed E-state index contributed by atoms with van der Waals surface area (Å²) in [6.45, 7) is -3.36. The van der Waals surface area contributed by atoms with E-state index in [0.717, 1.165) is 39.2 Å². The Labute approximate surface area is 417 Å².